The lowest BCUT2D eigenvalue weighted by molar-refractivity contribution is -0.114. The summed E-state index contributed by atoms with van der Waals surface area (Å²) >= 11 is 0. The molecule has 206 valence electrons. The van der Waals surface area contributed by atoms with Gasteiger partial charge in [0.05, 0.1) is 36.1 Å². The Morgan fingerprint density at radius 2 is 2.00 bits per heavy atom. The number of fused-ring (bicyclic) bond motifs is 1. The van der Waals surface area contributed by atoms with Gasteiger partial charge in [-0.1, -0.05) is 6.07 Å². The smallest absolute Gasteiger partial charge is 0.320 e. The third-order valence-electron chi connectivity index (χ3n) is 7.72. The van der Waals surface area contributed by atoms with E-state index in [0.717, 1.165) is 21.6 Å². The molecule has 0 atom stereocenters. The zero-order valence-corrected chi connectivity index (χ0v) is 21.4. The number of aromatic nitrogens is 3. The average molecular weight is 551 g/mol. The van der Waals surface area contributed by atoms with Crippen molar-refractivity contribution < 1.29 is 27.5 Å². The molecule has 0 aliphatic carbocycles. The first-order chi connectivity index (χ1) is 19.3. The van der Waals surface area contributed by atoms with Crippen molar-refractivity contribution in [1.29, 1.82) is 0 Å². The van der Waals surface area contributed by atoms with Crippen LogP contribution in [0.25, 0.3) is 27.7 Å². The van der Waals surface area contributed by atoms with Crippen LogP contribution in [-0.4, -0.2) is 81.0 Å². The highest BCUT2D eigenvalue weighted by Crippen LogP contribution is 2.38. The first kappa shape index (κ1) is 24.7. The summed E-state index contributed by atoms with van der Waals surface area (Å²) in [6.07, 6.45) is 5.38. The topological polar surface area (TPSA) is 84.1 Å². The van der Waals surface area contributed by atoms with Crippen LogP contribution in [0.2, 0.25) is 0 Å². The Hall–Kier alpha value is -4.32. The number of ether oxygens (including phenoxy) is 1. The van der Waals surface area contributed by atoms with Crippen molar-refractivity contribution in [3.63, 3.8) is 0 Å². The number of alkyl halides is 2. The molecular weight excluding hydrogens is 525 g/mol. The van der Waals surface area contributed by atoms with Crippen LogP contribution in [0.3, 0.4) is 0 Å². The molecule has 3 aliphatic heterocycles. The Kier molecular flexibility index (Phi) is 5.63. The quantitative estimate of drug-likeness (QED) is 0.415. The molecule has 1 N–H and O–H groups in total. The Morgan fingerprint density at radius 3 is 2.88 bits per heavy atom. The van der Waals surface area contributed by atoms with Gasteiger partial charge in [0.25, 0.3) is 11.8 Å². The minimum atomic E-state index is -3.14. The predicted molar refractivity (Wildman–Crippen MR) is 140 cm³/mol. The molecule has 1 aromatic carbocycles. The number of hydrogen-bond donors (Lipinski definition) is 1. The summed E-state index contributed by atoms with van der Waals surface area (Å²) in [5, 5.41) is 3.53. The Balaban J connectivity index is 1.30. The highest BCUT2D eigenvalue weighted by Gasteiger charge is 2.38. The molecule has 40 heavy (non-hydrogen) atoms. The van der Waals surface area contributed by atoms with Crippen molar-refractivity contribution in [3.8, 4) is 0 Å². The first-order valence-electron chi connectivity index (χ1n) is 13.0. The molecule has 6 heterocycles. The fourth-order valence-corrected chi connectivity index (χ4v) is 5.97. The Morgan fingerprint density at radius 1 is 1.12 bits per heavy atom. The van der Waals surface area contributed by atoms with Crippen LogP contribution in [0.15, 0.2) is 48.9 Å². The number of carbonyl (C=O) groups excluding carboxylic acids is 2. The zero-order chi connectivity index (χ0) is 27.6. The molecule has 0 spiro atoms. The number of amides is 3. The van der Waals surface area contributed by atoms with E-state index < -0.39 is 30.9 Å². The largest absolute Gasteiger partial charge is 0.373 e. The highest BCUT2D eigenvalue weighted by molar-refractivity contribution is 6.31. The summed E-state index contributed by atoms with van der Waals surface area (Å²) in [6, 6.07) is 7.87. The van der Waals surface area contributed by atoms with Gasteiger partial charge in [-0.15, -0.1) is 0 Å². The minimum absolute atomic E-state index is 0.0272. The maximum Gasteiger partial charge on any atom is 0.320 e. The molecule has 12 heteroatoms. The van der Waals surface area contributed by atoms with Crippen molar-refractivity contribution in [2.24, 2.45) is 0 Å². The van der Waals surface area contributed by atoms with Gasteiger partial charge in [0, 0.05) is 56.1 Å². The van der Waals surface area contributed by atoms with E-state index in [0.29, 0.717) is 34.4 Å². The van der Waals surface area contributed by atoms with E-state index in [1.807, 2.05) is 39.6 Å². The number of imidazole rings is 1. The number of pyridine rings is 1. The third-order valence-corrected chi connectivity index (χ3v) is 7.72. The molecule has 0 saturated carbocycles. The summed E-state index contributed by atoms with van der Waals surface area (Å²) < 4.78 is 52.1. The van der Waals surface area contributed by atoms with Gasteiger partial charge >= 0.3 is 6.03 Å². The second-order valence-electron chi connectivity index (χ2n) is 10.3. The Bertz CT molecular complexity index is 1720. The van der Waals surface area contributed by atoms with E-state index in [1.54, 1.807) is 6.20 Å². The first-order valence-corrected chi connectivity index (χ1v) is 13.0. The lowest BCUT2D eigenvalue weighted by Gasteiger charge is -2.30. The SMILES string of the molecule is O=C1NCC(c2cn3c4c(cc(F)cc24)CN(C(=O)N2CCOCC(F)(F)C2)CC3)=C1c1cnc2ccccn12. The molecule has 0 unspecified atom stereocenters. The molecule has 3 aliphatic rings. The van der Waals surface area contributed by atoms with Gasteiger partial charge in [0.2, 0.25) is 0 Å². The Labute approximate surface area is 226 Å². The summed E-state index contributed by atoms with van der Waals surface area (Å²) in [5.41, 5.74) is 4.59. The van der Waals surface area contributed by atoms with E-state index in [9.17, 15) is 18.4 Å². The van der Waals surface area contributed by atoms with Crippen molar-refractivity contribution in [1.82, 2.24) is 29.1 Å². The fraction of sp³-hybridized carbons (Fsp3) is 0.321. The van der Waals surface area contributed by atoms with E-state index in [2.05, 4.69) is 10.3 Å². The van der Waals surface area contributed by atoms with Crippen LogP contribution in [0.1, 0.15) is 16.8 Å². The molecular formula is C28H25F3N6O3. The second kappa shape index (κ2) is 9.12. The van der Waals surface area contributed by atoms with Gasteiger partial charge < -0.3 is 24.4 Å². The summed E-state index contributed by atoms with van der Waals surface area (Å²) in [5.74, 6) is -3.86. The number of nitrogens with one attached hydrogen (secondary N) is 1. The van der Waals surface area contributed by atoms with E-state index >= 15 is 4.39 Å². The predicted octanol–water partition coefficient (Wildman–Crippen LogP) is 3.37. The summed E-state index contributed by atoms with van der Waals surface area (Å²) in [7, 11) is 0. The van der Waals surface area contributed by atoms with Crippen LogP contribution < -0.4 is 5.32 Å². The van der Waals surface area contributed by atoms with E-state index in [-0.39, 0.29) is 38.7 Å². The van der Waals surface area contributed by atoms with Crippen LogP contribution in [-0.2, 0) is 22.6 Å². The van der Waals surface area contributed by atoms with Gasteiger partial charge in [-0.2, -0.15) is 0 Å². The van der Waals surface area contributed by atoms with Crippen molar-refractivity contribution in [2.75, 3.05) is 39.4 Å². The van der Waals surface area contributed by atoms with Gasteiger partial charge in [0.15, 0.2) is 0 Å². The standard InChI is InChI=1S/C28H25F3N6O3/c29-18-9-17-13-35(27(39)36-7-8-40-16-28(30,31)15-36)6-5-34-14-21(19(10-18)25(17)34)20-11-33-26(38)24(20)22-12-32-23-3-1-2-4-37(22)23/h1-4,9-10,12,14H,5-8,11,13,15-16H2,(H,33,38). The normalized spacial score (nSPS) is 19.3. The van der Waals surface area contributed by atoms with E-state index in [1.165, 1.54) is 17.0 Å². The molecule has 4 aromatic rings. The second-order valence-corrected chi connectivity index (χ2v) is 10.3. The molecule has 9 nitrogen and oxygen atoms in total. The number of urea groups is 1. The van der Waals surface area contributed by atoms with Crippen LogP contribution in [0.4, 0.5) is 18.0 Å². The molecule has 1 saturated heterocycles. The number of halogens is 3. The van der Waals surface area contributed by atoms with Crippen LogP contribution in [0.5, 0.6) is 0 Å². The molecule has 0 radical (unpaired) electrons. The van der Waals surface area contributed by atoms with Gasteiger partial charge in [-0.05, 0) is 35.4 Å². The molecule has 3 amide bonds. The number of carbonyl (C=O) groups is 2. The van der Waals surface area contributed by atoms with Crippen LogP contribution >= 0.6 is 0 Å². The lowest BCUT2D eigenvalue weighted by atomic mass is 9.98. The monoisotopic (exact) mass is 550 g/mol. The summed E-state index contributed by atoms with van der Waals surface area (Å²) in [6.45, 7) is -0.400. The van der Waals surface area contributed by atoms with Crippen molar-refractivity contribution >= 4 is 39.6 Å². The number of hydrogen-bond acceptors (Lipinski definition) is 4. The number of nitrogens with zero attached hydrogens (tertiary/aromatic N) is 5. The van der Waals surface area contributed by atoms with E-state index in [4.69, 9.17) is 4.74 Å². The minimum Gasteiger partial charge on any atom is -0.373 e. The number of rotatable bonds is 2. The molecule has 0 bridgehead atoms. The maximum atomic E-state index is 15.1. The third kappa shape index (κ3) is 4.01. The maximum absolute atomic E-state index is 15.1. The van der Waals surface area contributed by atoms with Crippen molar-refractivity contribution in [3.05, 3.63) is 71.6 Å². The van der Waals surface area contributed by atoms with Gasteiger partial charge in [0.1, 0.15) is 18.1 Å². The highest BCUT2D eigenvalue weighted by atomic mass is 19.3. The lowest BCUT2D eigenvalue weighted by Crippen LogP contribution is -2.48. The number of benzene rings is 1. The molecule has 7 rings (SSSR count). The average Bonchev–Trinajstić information content (AvgIpc) is 3.54. The van der Waals surface area contributed by atoms with Crippen molar-refractivity contribution in [2.45, 2.75) is 19.0 Å². The van der Waals surface area contributed by atoms with Gasteiger partial charge in [-0.25, -0.2) is 22.9 Å². The zero-order valence-electron chi connectivity index (χ0n) is 21.4. The van der Waals surface area contributed by atoms with Crippen LogP contribution in [0, 0.1) is 5.82 Å². The molecule has 1 fully saturated rings. The fourth-order valence-electron chi connectivity index (χ4n) is 5.97. The van der Waals surface area contributed by atoms with Gasteiger partial charge in [-0.3, -0.25) is 9.20 Å². The molecule has 3 aromatic heterocycles. The summed E-state index contributed by atoms with van der Waals surface area (Å²) in [4.78, 5) is 33.4.